The van der Waals surface area contributed by atoms with E-state index in [0.29, 0.717) is 23.5 Å². The number of fused-ring (bicyclic) bond motifs is 1. The predicted molar refractivity (Wildman–Crippen MR) is 87.6 cm³/mol. The lowest BCUT2D eigenvalue weighted by Gasteiger charge is -2.23. The van der Waals surface area contributed by atoms with Crippen LogP contribution < -0.4 is 5.32 Å². The Kier molecular flexibility index (Phi) is 3.70. The molecule has 0 aliphatic carbocycles. The molecule has 8 nitrogen and oxygen atoms in total. The van der Waals surface area contributed by atoms with Crippen molar-refractivity contribution < 1.29 is 14.3 Å². The van der Waals surface area contributed by atoms with E-state index in [1.54, 1.807) is 30.5 Å². The van der Waals surface area contributed by atoms with E-state index in [1.165, 1.54) is 0 Å². The van der Waals surface area contributed by atoms with Gasteiger partial charge in [0.25, 0.3) is 5.91 Å². The zero-order valence-corrected chi connectivity index (χ0v) is 13.0. The third-order valence-corrected chi connectivity index (χ3v) is 3.81. The van der Waals surface area contributed by atoms with Crippen molar-refractivity contribution in [3.8, 4) is 11.5 Å². The minimum absolute atomic E-state index is 0.0977. The summed E-state index contributed by atoms with van der Waals surface area (Å²) >= 11 is 0. The van der Waals surface area contributed by atoms with E-state index in [-0.39, 0.29) is 5.95 Å². The monoisotopic (exact) mass is 335 g/mol. The number of pyridine rings is 1. The molecule has 0 saturated carbocycles. The predicted octanol–water partition coefficient (Wildman–Crippen LogP) is 1.59. The van der Waals surface area contributed by atoms with Crippen LogP contribution in [0, 0.1) is 0 Å². The van der Waals surface area contributed by atoms with Gasteiger partial charge >= 0.3 is 5.97 Å². The van der Waals surface area contributed by atoms with Gasteiger partial charge in [-0.3, -0.25) is 20.2 Å². The molecule has 0 unspecified atom stereocenters. The first-order valence-electron chi connectivity index (χ1n) is 7.64. The largest absolute Gasteiger partial charge is 0.448 e. The van der Waals surface area contributed by atoms with Crippen molar-refractivity contribution in [3.63, 3.8) is 0 Å². The second-order valence-electron chi connectivity index (χ2n) is 5.47. The van der Waals surface area contributed by atoms with Crippen LogP contribution in [-0.2, 0) is 16.0 Å². The van der Waals surface area contributed by atoms with Crippen molar-refractivity contribution in [2.75, 3.05) is 5.32 Å². The van der Waals surface area contributed by atoms with Gasteiger partial charge in [-0.1, -0.05) is 24.3 Å². The lowest BCUT2D eigenvalue weighted by atomic mass is 9.98. The molecule has 4 rings (SSSR count). The number of nitrogens with one attached hydrogen (secondary N) is 2. The summed E-state index contributed by atoms with van der Waals surface area (Å²) in [4.78, 5) is 32.7. The molecule has 3 aromatic rings. The number of carbonyl (C=O) groups is 2. The number of ether oxygens (including phenoxy) is 1. The van der Waals surface area contributed by atoms with Crippen molar-refractivity contribution in [1.29, 1.82) is 0 Å². The van der Waals surface area contributed by atoms with E-state index in [0.717, 1.165) is 5.56 Å². The fourth-order valence-corrected chi connectivity index (χ4v) is 2.60. The lowest BCUT2D eigenvalue weighted by Crippen LogP contribution is -2.38. The van der Waals surface area contributed by atoms with Gasteiger partial charge in [0.05, 0.1) is 5.56 Å². The fraction of sp³-hybridized carbons (Fsp3) is 0.118. The van der Waals surface area contributed by atoms with Crippen LogP contribution in [0.15, 0.2) is 48.7 Å². The molecule has 0 bridgehead atoms. The second-order valence-corrected chi connectivity index (χ2v) is 5.47. The maximum atomic E-state index is 12.4. The number of H-pyrrole nitrogens is 1. The molecule has 25 heavy (non-hydrogen) atoms. The number of hydrogen-bond acceptors (Lipinski definition) is 6. The zero-order chi connectivity index (χ0) is 17.2. The van der Waals surface area contributed by atoms with Gasteiger partial charge in [0, 0.05) is 12.6 Å². The third kappa shape index (κ3) is 2.97. The highest BCUT2D eigenvalue weighted by atomic mass is 16.5. The topological polar surface area (TPSA) is 110 Å². The summed E-state index contributed by atoms with van der Waals surface area (Å²) in [6.45, 7) is 0. The Balaban J connectivity index is 1.48. The summed E-state index contributed by atoms with van der Waals surface area (Å²) in [7, 11) is 0. The van der Waals surface area contributed by atoms with Crippen LogP contribution in [0.3, 0.4) is 0 Å². The highest BCUT2D eigenvalue weighted by Crippen LogP contribution is 2.21. The summed E-state index contributed by atoms with van der Waals surface area (Å²) in [5, 5.41) is 9.21. The van der Waals surface area contributed by atoms with E-state index in [9.17, 15) is 9.59 Å². The Labute approximate surface area is 142 Å². The minimum Gasteiger partial charge on any atom is -0.448 e. The zero-order valence-electron chi connectivity index (χ0n) is 13.0. The summed E-state index contributed by atoms with van der Waals surface area (Å²) in [5.41, 5.74) is 1.87. The van der Waals surface area contributed by atoms with Crippen molar-refractivity contribution in [2.24, 2.45) is 0 Å². The quantitative estimate of drug-likeness (QED) is 0.703. The van der Waals surface area contributed by atoms with Gasteiger partial charge < -0.3 is 4.74 Å². The van der Waals surface area contributed by atoms with Crippen LogP contribution in [0.4, 0.5) is 5.95 Å². The summed E-state index contributed by atoms with van der Waals surface area (Å²) in [5.74, 6) is -0.456. The van der Waals surface area contributed by atoms with Crippen molar-refractivity contribution in [2.45, 2.75) is 12.5 Å². The van der Waals surface area contributed by atoms with Crippen LogP contribution in [0.5, 0.6) is 0 Å². The van der Waals surface area contributed by atoms with Gasteiger partial charge in [-0.2, -0.15) is 4.98 Å². The molecule has 2 N–H and O–H groups in total. The summed E-state index contributed by atoms with van der Waals surface area (Å²) < 4.78 is 5.21. The maximum absolute atomic E-state index is 12.4. The van der Waals surface area contributed by atoms with Crippen molar-refractivity contribution in [1.82, 2.24) is 20.2 Å². The molecule has 0 radical (unpaired) electrons. The molecule has 2 aromatic heterocycles. The Bertz CT molecular complexity index is 938. The Morgan fingerprint density at radius 3 is 2.88 bits per heavy atom. The molecule has 1 aliphatic rings. The van der Waals surface area contributed by atoms with Crippen LogP contribution in [0.25, 0.3) is 11.5 Å². The molecule has 1 aromatic carbocycles. The van der Waals surface area contributed by atoms with E-state index >= 15 is 0 Å². The van der Waals surface area contributed by atoms with E-state index in [4.69, 9.17) is 4.74 Å². The molecule has 1 amide bonds. The normalized spacial score (nSPS) is 16.0. The van der Waals surface area contributed by atoms with Gasteiger partial charge in [0.1, 0.15) is 5.69 Å². The minimum atomic E-state index is -0.917. The number of aromatic amines is 1. The first kappa shape index (κ1) is 15.0. The number of carbonyl (C=O) groups excluding carboxylic acids is 2. The third-order valence-electron chi connectivity index (χ3n) is 3.81. The van der Waals surface area contributed by atoms with Crippen LogP contribution >= 0.6 is 0 Å². The van der Waals surface area contributed by atoms with Gasteiger partial charge in [-0.05, 0) is 23.8 Å². The van der Waals surface area contributed by atoms with Crippen LogP contribution in [0.2, 0.25) is 0 Å². The van der Waals surface area contributed by atoms with E-state index in [2.05, 4.69) is 25.5 Å². The summed E-state index contributed by atoms with van der Waals surface area (Å²) in [6, 6.07) is 12.4. The van der Waals surface area contributed by atoms with E-state index < -0.39 is 18.0 Å². The van der Waals surface area contributed by atoms with Gasteiger partial charge in [-0.15, -0.1) is 5.10 Å². The van der Waals surface area contributed by atoms with Gasteiger partial charge in [0.15, 0.2) is 11.9 Å². The molecule has 8 heteroatoms. The molecule has 0 saturated heterocycles. The van der Waals surface area contributed by atoms with Gasteiger partial charge in [-0.25, -0.2) is 4.79 Å². The molecular formula is C17H13N5O3. The number of benzene rings is 1. The number of aromatic nitrogens is 4. The number of cyclic esters (lactones) is 1. The second kappa shape index (κ2) is 6.16. The Morgan fingerprint density at radius 1 is 1.20 bits per heavy atom. The van der Waals surface area contributed by atoms with E-state index in [1.807, 2.05) is 18.2 Å². The summed E-state index contributed by atoms with van der Waals surface area (Å²) in [6.07, 6.45) is 1.03. The lowest BCUT2D eigenvalue weighted by molar-refractivity contribution is -0.125. The molecule has 3 heterocycles. The number of rotatable bonds is 3. The first-order chi connectivity index (χ1) is 12.2. The molecule has 124 valence electrons. The molecule has 1 atom stereocenters. The first-order valence-corrected chi connectivity index (χ1v) is 7.64. The van der Waals surface area contributed by atoms with Crippen molar-refractivity contribution in [3.05, 3.63) is 59.8 Å². The van der Waals surface area contributed by atoms with Crippen LogP contribution in [0.1, 0.15) is 15.9 Å². The fourth-order valence-electron chi connectivity index (χ4n) is 2.60. The number of esters is 1. The highest BCUT2D eigenvalue weighted by molar-refractivity contribution is 5.99. The average Bonchev–Trinajstić information content (AvgIpc) is 3.11. The maximum Gasteiger partial charge on any atom is 0.339 e. The molecular weight excluding hydrogens is 322 g/mol. The number of nitrogens with zero attached hydrogens (tertiary/aromatic N) is 3. The highest BCUT2D eigenvalue weighted by Gasteiger charge is 2.31. The number of hydrogen-bond donors (Lipinski definition) is 2. The smallest absolute Gasteiger partial charge is 0.339 e. The Morgan fingerprint density at radius 2 is 2.04 bits per heavy atom. The Hall–Kier alpha value is -3.55. The van der Waals surface area contributed by atoms with Gasteiger partial charge in [0.2, 0.25) is 5.95 Å². The SMILES string of the molecule is O=C1O[C@@H](C(=O)Nc2n[nH]c(-c3ccccn3)n2)Cc2ccccc21. The molecule has 0 fully saturated rings. The standard InChI is InChI=1S/C17H13N5O3/c23-15(13-9-10-5-1-2-6-11(10)16(24)25-13)20-17-19-14(21-22-17)12-7-3-4-8-18-12/h1-8,13H,9H2,(H2,19,20,21,22,23)/t13-/m1/s1. The number of anilines is 1. The number of amides is 1. The molecule has 1 aliphatic heterocycles. The van der Waals surface area contributed by atoms with Crippen molar-refractivity contribution >= 4 is 17.8 Å². The average molecular weight is 335 g/mol. The molecule has 0 spiro atoms. The van der Waals surface area contributed by atoms with Crippen LogP contribution in [-0.4, -0.2) is 38.1 Å².